The largest absolute Gasteiger partial charge is 0.490 e. The molecule has 1 N–H and O–H groups in total. The van der Waals surface area contributed by atoms with E-state index in [2.05, 4.69) is 22.2 Å². The first-order valence-corrected chi connectivity index (χ1v) is 9.96. The minimum absolute atomic E-state index is 0.0267. The van der Waals surface area contributed by atoms with Gasteiger partial charge in [-0.1, -0.05) is 0 Å². The second-order valence-corrected chi connectivity index (χ2v) is 7.86. The molecule has 3 heterocycles. The number of piperidine rings is 1. The van der Waals surface area contributed by atoms with Gasteiger partial charge in [-0.05, 0) is 32.4 Å². The van der Waals surface area contributed by atoms with Crippen LogP contribution in [0.3, 0.4) is 0 Å². The second kappa shape index (κ2) is 8.98. The molecule has 3 rings (SSSR count). The summed E-state index contributed by atoms with van der Waals surface area (Å²) in [6, 6.07) is 3.76. The lowest BCUT2D eigenvalue weighted by Crippen LogP contribution is -2.46. The van der Waals surface area contributed by atoms with Crippen molar-refractivity contribution in [2.45, 2.75) is 45.6 Å². The molecule has 0 aliphatic carbocycles. The highest BCUT2D eigenvalue weighted by Gasteiger charge is 2.23. The monoisotopic (exact) mass is 374 g/mol. The van der Waals surface area contributed by atoms with Crippen molar-refractivity contribution >= 4 is 17.4 Å². The molecule has 0 atom stereocenters. The van der Waals surface area contributed by atoms with Gasteiger partial charge in [0, 0.05) is 56.2 Å². The minimum atomic E-state index is 0.0267. The zero-order valence-corrected chi connectivity index (χ0v) is 16.2. The minimum Gasteiger partial charge on any atom is -0.490 e. The van der Waals surface area contributed by atoms with Crippen LogP contribution in [-0.2, 0) is 6.42 Å². The molecule has 1 aliphatic heterocycles. The molecule has 0 spiro atoms. The number of amides is 2. The molecule has 140 valence electrons. The van der Waals surface area contributed by atoms with E-state index in [1.54, 1.807) is 23.7 Å². The SMILES string of the molecule is Cc1nc(CCCNC(=O)N2CCC(Oc3ccncc3)CC2)sc1C. The molecule has 0 bridgehead atoms. The summed E-state index contributed by atoms with van der Waals surface area (Å²) in [7, 11) is 0. The Morgan fingerprint density at radius 2 is 2.04 bits per heavy atom. The predicted octanol–water partition coefficient (Wildman–Crippen LogP) is 3.34. The molecule has 26 heavy (non-hydrogen) atoms. The van der Waals surface area contributed by atoms with Gasteiger partial charge in [0.05, 0.1) is 10.7 Å². The van der Waals surface area contributed by atoms with Crippen LogP contribution in [-0.4, -0.2) is 46.6 Å². The first kappa shape index (κ1) is 18.6. The number of aromatic nitrogens is 2. The number of nitrogens with one attached hydrogen (secondary N) is 1. The Kier molecular flexibility index (Phi) is 6.44. The van der Waals surface area contributed by atoms with Crippen LogP contribution < -0.4 is 10.1 Å². The van der Waals surface area contributed by atoms with E-state index in [4.69, 9.17) is 4.74 Å². The van der Waals surface area contributed by atoms with Crippen molar-refractivity contribution in [2.75, 3.05) is 19.6 Å². The number of carbonyl (C=O) groups excluding carboxylic acids is 1. The lowest BCUT2D eigenvalue weighted by atomic mass is 10.1. The third kappa shape index (κ3) is 5.17. The first-order chi connectivity index (χ1) is 12.6. The number of thiazole rings is 1. The number of aryl methyl sites for hydroxylation is 3. The summed E-state index contributed by atoms with van der Waals surface area (Å²) in [5, 5.41) is 4.18. The summed E-state index contributed by atoms with van der Waals surface area (Å²) in [5.74, 6) is 0.843. The van der Waals surface area contributed by atoms with E-state index in [9.17, 15) is 4.79 Å². The fourth-order valence-electron chi connectivity index (χ4n) is 2.98. The summed E-state index contributed by atoms with van der Waals surface area (Å²) in [5.41, 5.74) is 1.12. The van der Waals surface area contributed by atoms with Gasteiger partial charge >= 0.3 is 6.03 Å². The van der Waals surface area contributed by atoms with E-state index in [0.29, 0.717) is 6.54 Å². The van der Waals surface area contributed by atoms with Crippen molar-refractivity contribution in [3.05, 3.63) is 40.1 Å². The van der Waals surface area contributed by atoms with E-state index in [1.807, 2.05) is 24.0 Å². The normalized spacial score (nSPS) is 15.1. The summed E-state index contributed by atoms with van der Waals surface area (Å²) < 4.78 is 5.94. The van der Waals surface area contributed by atoms with Gasteiger partial charge in [0.25, 0.3) is 0 Å². The van der Waals surface area contributed by atoms with Crippen molar-refractivity contribution < 1.29 is 9.53 Å². The summed E-state index contributed by atoms with van der Waals surface area (Å²) >= 11 is 1.75. The molecule has 1 aliphatic rings. The Bertz CT molecular complexity index is 692. The van der Waals surface area contributed by atoms with E-state index >= 15 is 0 Å². The lowest BCUT2D eigenvalue weighted by Gasteiger charge is -2.32. The Labute approximate surface area is 158 Å². The third-order valence-corrected chi connectivity index (χ3v) is 5.73. The van der Waals surface area contributed by atoms with Crippen LogP contribution in [0.2, 0.25) is 0 Å². The standard InChI is InChI=1S/C19H26N4O2S/c1-14-15(2)26-18(22-14)4-3-9-21-19(24)23-12-7-17(8-13-23)25-16-5-10-20-11-6-16/h5-6,10-11,17H,3-4,7-9,12-13H2,1-2H3,(H,21,24). The third-order valence-electron chi connectivity index (χ3n) is 4.60. The van der Waals surface area contributed by atoms with Gasteiger partial charge in [0.2, 0.25) is 0 Å². The van der Waals surface area contributed by atoms with E-state index in [1.165, 1.54) is 4.88 Å². The Hall–Kier alpha value is -2.15. The Morgan fingerprint density at radius 3 is 2.69 bits per heavy atom. The van der Waals surface area contributed by atoms with Crippen LogP contribution in [0.4, 0.5) is 4.79 Å². The molecule has 1 saturated heterocycles. The molecule has 0 radical (unpaired) electrons. The molecule has 0 unspecified atom stereocenters. The predicted molar refractivity (Wildman–Crippen MR) is 103 cm³/mol. The van der Waals surface area contributed by atoms with Crippen LogP contribution in [0.15, 0.2) is 24.5 Å². The molecular weight excluding hydrogens is 348 g/mol. The molecule has 2 aromatic rings. The lowest BCUT2D eigenvalue weighted by molar-refractivity contribution is 0.111. The maximum Gasteiger partial charge on any atom is 0.317 e. The van der Waals surface area contributed by atoms with Crippen molar-refractivity contribution in [1.82, 2.24) is 20.2 Å². The highest BCUT2D eigenvalue weighted by Crippen LogP contribution is 2.19. The molecule has 0 aromatic carbocycles. The van der Waals surface area contributed by atoms with Gasteiger partial charge in [-0.2, -0.15) is 0 Å². The van der Waals surface area contributed by atoms with Gasteiger partial charge in [-0.3, -0.25) is 4.98 Å². The van der Waals surface area contributed by atoms with Crippen LogP contribution in [0.25, 0.3) is 0 Å². The van der Waals surface area contributed by atoms with Crippen LogP contribution >= 0.6 is 11.3 Å². The number of hydrogen-bond donors (Lipinski definition) is 1. The number of pyridine rings is 1. The topological polar surface area (TPSA) is 67.4 Å². The van der Waals surface area contributed by atoms with Gasteiger partial charge in [0.1, 0.15) is 11.9 Å². The molecule has 2 aromatic heterocycles. The maximum atomic E-state index is 12.3. The number of urea groups is 1. The zero-order chi connectivity index (χ0) is 18.4. The van der Waals surface area contributed by atoms with E-state index < -0.39 is 0 Å². The summed E-state index contributed by atoms with van der Waals surface area (Å²) in [6.45, 7) is 6.28. The molecule has 7 heteroatoms. The number of hydrogen-bond acceptors (Lipinski definition) is 5. The molecule has 1 fully saturated rings. The van der Waals surface area contributed by atoms with Gasteiger partial charge < -0.3 is 15.0 Å². The number of rotatable bonds is 6. The molecule has 0 saturated carbocycles. The Morgan fingerprint density at radius 1 is 1.31 bits per heavy atom. The van der Waals surface area contributed by atoms with Gasteiger partial charge in [-0.15, -0.1) is 11.3 Å². The van der Waals surface area contributed by atoms with E-state index in [-0.39, 0.29) is 12.1 Å². The summed E-state index contributed by atoms with van der Waals surface area (Å²) in [6.07, 6.45) is 7.17. The Balaban J connectivity index is 1.33. The average molecular weight is 375 g/mol. The first-order valence-electron chi connectivity index (χ1n) is 9.14. The van der Waals surface area contributed by atoms with E-state index in [0.717, 1.165) is 55.2 Å². The average Bonchev–Trinajstić information content (AvgIpc) is 2.98. The molecule has 2 amide bonds. The zero-order valence-electron chi connectivity index (χ0n) is 15.4. The molecular formula is C19H26N4O2S. The van der Waals surface area contributed by atoms with Crippen molar-refractivity contribution in [3.8, 4) is 5.75 Å². The second-order valence-electron chi connectivity index (χ2n) is 6.57. The smallest absolute Gasteiger partial charge is 0.317 e. The van der Waals surface area contributed by atoms with Crippen molar-refractivity contribution in [1.29, 1.82) is 0 Å². The van der Waals surface area contributed by atoms with Gasteiger partial charge in [-0.25, -0.2) is 9.78 Å². The number of carbonyl (C=O) groups is 1. The van der Waals surface area contributed by atoms with Crippen LogP contribution in [0.5, 0.6) is 5.75 Å². The number of nitrogens with zero attached hydrogens (tertiary/aromatic N) is 3. The quantitative estimate of drug-likeness (QED) is 0.788. The number of likely N-dealkylation sites (tertiary alicyclic amines) is 1. The highest BCUT2D eigenvalue weighted by molar-refractivity contribution is 7.11. The molecule has 6 nitrogen and oxygen atoms in total. The highest BCUT2D eigenvalue weighted by atomic mass is 32.1. The van der Waals surface area contributed by atoms with Gasteiger partial charge in [0.15, 0.2) is 0 Å². The van der Waals surface area contributed by atoms with Crippen LogP contribution in [0, 0.1) is 13.8 Å². The maximum absolute atomic E-state index is 12.3. The van der Waals surface area contributed by atoms with Crippen LogP contribution in [0.1, 0.15) is 34.8 Å². The van der Waals surface area contributed by atoms with Crippen molar-refractivity contribution in [2.24, 2.45) is 0 Å². The number of ether oxygens (including phenoxy) is 1. The fraction of sp³-hybridized carbons (Fsp3) is 0.526. The fourth-order valence-corrected chi connectivity index (χ4v) is 3.95. The van der Waals surface area contributed by atoms with Crippen molar-refractivity contribution in [3.63, 3.8) is 0 Å². The summed E-state index contributed by atoms with van der Waals surface area (Å²) in [4.78, 5) is 24.0.